The maximum atomic E-state index is 12.7. The third kappa shape index (κ3) is 2.88. The lowest BCUT2D eigenvalue weighted by Gasteiger charge is -2.14. The van der Waals surface area contributed by atoms with Crippen LogP contribution in [0.15, 0.2) is 30.3 Å². The van der Waals surface area contributed by atoms with Crippen LogP contribution in [0.3, 0.4) is 0 Å². The molecule has 0 saturated carbocycles. The Morgan fingerprint density at radius 1 is 1.00 bits per heavy atom. The molecule has 116 valence electrons. The van der Waals surface area contributed by atoms with Crippen LogP contribution >= 0.6 is 11.6 Å². The highest BCUT2D eigenvalue weighted by Gasteiger charge is 2.19. The highest BCUT2D eigenvalue weighted by molar-refractivity contribution is 6.32. The van der Waals surface area contributed by atoms with Crippen molar-refractivity contribution >= 4 is 17.4 Å². The predicted molar refractivity (Wildman–Crippen MR) is 85.7 cm³/mol. The summed E-state index contributed by atoms with van der Waals surface area (Å²) < 4.78 is 15.8. The number of carbonyl (C=O) groups is 1. The first-order valence-corrected chi connectivity index (χ1v) is 7.01. The fourth-order valence-electron chi connectivity index (χ4n) is 2.22. The van der Waals surface area contributed by atoms with Gasteiger partial charge >= 0.3 is 0 Å². The molecule has 0 saturated heterocycles. The standard InChI is InChI=1S/C17H17ClO4/c1-10-12(6-5-7-13(10)18)16(19)11-8-14(20-2)17(22-4)15(9-11)21-3/h5-9H,1-4H3. The molecule has 0 aliphatic rings. The molecule has 0 aliphatic heterocycles. The van der Waals surface area contributed by atoms with Crippen LogP contribution in [-0.2, 0) is 0 Å². The molecular formula is C17H17ClO4. The van der Waals surface area contributed by atoms with E-state index in [0.717, 1.165) is 5.56 Å². The number of hydrogen-bond donors (Lipinski definition) is 0. The van der Waals surface area contributed by atoms with E-state index in [4.69, 9.17) is 25.8 Å². The van der Waals surface area contributed by atoms with Crippen LogP contribution in [0.25, 0.3) is 0 Å². The zero-order chi connectivity index (χ0) is 16.3. The lowest BCUT2D eigenvalue weighted by molar-refractivity contribution is 0.103. The lowest BCUT2D eigenvalue weighted by atomic mass is 9.98. The van der Waals surface area contributed by atoms with Gasteiger partial charge in [0, 0.05) is 16.1 Å². The molecule has 5 heteroatoms. The molecule has 0 spiro atoms. The Bertz CT molecular complexity index is 685. The van der Waals surface area contributed by atoms with E-state index in [-0.39, 0.29) is 5.78 Å². The molecule has 22 heavy (non-hydrogen) atoms. The van der Waals surface area contributed by atoms with E-state index in [0.29, 0.717) is 33.4 Å². The SMILES string of the molecule is COc1cc(C(=O)c2cccc(Cl)c2C)cc(OC)c1OC. The highest BCUT2D eigenvalue weighted by Crippen LogP contribution is 2.39. The Balaban J connectivity index is 2.57. The van der Waals surface area contributed by atoms with E-state index in [1.807, 2.05) is 6.92 Å². The fraction of sp³-hybridized carbons (Fsp3) is 0.235. The van der Waals surface area contributed by atoms with Crippen LogP contribution < -0.4 is 14.2 Å². The summed E-state index contributed by atoms with van der Waals surface area (Å²) in [5.74, 6) is 1.17. The first-order chi connectivity index (χ1) is 10.5. The summed E-state index contributed by atoms with van der Waals surface area (Å²) in [6, 6.07) is 8.50. The zero-order valence-corrected chi connectivity index (χ0v) is 13.7. The van der Waals surface area contributed by atoms with Gasteiger partial charge in [0.25, 0.3) is 0 Å². The van der Waals surface area contributed by atoms with Gasteiger partial charge in [0.2, 0.25) is 5.75 Å². The molecule has 4 nitrogen and oxygen atoms in total. The number of rotatable bonds is 5. The van der Waals surface area contributed by atoms with Crippen molar-refractivity contribution in [3.63, 3.8) is 0 Å². The number of hydrogen-bond acceptors (Lipinski definition) is 4. The molecule has 2 aromatic carbocycles. The predicted octanol–water partition coefficient (Wildman–Crippen LogP) is 3.91. The summed E-state index contributed by atoms with van der Waals surface area (Å²) in [5, 5.41) is 0.554. The number of halogens is 1. The van der Waals surface area contributed by atoms with Crippen LogP contribution in [0.5, 0.6) is 17.2 Å². The summed E-state index contributed by atoms with van der Waals surface area (Å²) in [6.07, 6.45) is 0. The Kier molecular flexibility index (Phi) is 4.93. The third-order valence-electron chi connectivity index (χ3n) is 3.44. The van der Waals surface area contributed by atoms with Crippen molar-refractivity contribution in [2.75, 3.05) is 21.3 Å². The second-order valence-corrected chi connectivity index (χ2v) is 5.06. The van der Waals surface area contributed by atoms with Gasteiger partial charge in [-0.15, -0.1) is 0 Å². The minimum Gasteiger partial charge on any atom is -0.493 e. The molecule has 0 N–H and O–H groups in total. The van der Waals surface area contributed by atoms with Gasteiger partial charge in [-0.25, -0.2) is 0 Å². The molecule has 0 atom stereocenters. The van der Waals surface area contributed by atoms with E-state index in [9.17, 15) is 4.79 Å². The van der Waals surface area contributed by atoms with Crippen molar-refractivity contribution in [1.29, 1.82) is 0 Å². The molecule has 2 aromatic rings. The zero-order valence-electron chi connectivity index (χ0n) is 12.9. The summed E-state index contributed by atoms with van der Waals surface area (Å²) >= 11 is 6.09. The molecule has 0 amide bonds. The topological polar surface area (TPSA) is 44.8 Å². The number of ketones is 1. The van der Waals surface area contributed by atoms with E-state index in [1.54, 1.807) is 30.3 Å². The maximum absolute atomic E-state index is 12.7. The number of ether oxygens (including phenoxy) is 3. The lowest BCUT2D eigenvalue weighted by Crippen LogP contribution is -2.06. The maximum Gasteiger partial charge on any atom is 0.203 e. The van der Waals surface area contributed by atoms with Crippen molar-refractivity contribution in [3.8, 4) is 17.2 Å². The Labute approximate surface area is 134 Å². The van der Waals surface area contributed by atoms with Gasteiger partial charge in [-0.1, -0.05) is 23.7 Å². The first kappa shape index (κ1) is 16.2. The summed E-state index contributed by atoms with van der Waals surface area (Å²) in [7, 11) is 4.54. The number of carbonyl (C=O) groups excluding carboxylic acids is 1. The molecule has 2 rings (SSSR count). The molecule has 0 aromatic heterocycles. The van der Waals surface area contributed by atoms with Gasteiger partial charge in [0.1, 0.15) is 0 Å². The first-order valence-electron chi connectivity index (χ1n) is 6.63. The average molecular weight is 321 g/mol. The Hall–Kier alpha value is -2.20. The van der Waals surface area contributed by atoms with E-state index in [1.165, 1.54) is 21.3 Å². The minimum absolute atomic E-state index is 0.153. The van der Waals surface area contributed by atoms with E-state index >= 15 is 0 Å². The normalized spacial score (nSPS) is 10.2. The fourth-order valence-corrected chi connectivity index (χ4v) is 2.40. The van der Waals surface area contributed by atoms with Crippen LogP contribution in [0.2, 0.25) is 5.02 Å². The second-order valence-electron chi connectivity index (χ2n) is 4.66. The molecule has 0 unspecified atom stereocenters. The Morgan fingerprint density at radius 2 is 1.59 bits per heavy atom. The third-order valence-corrected chi connectivity index (χ3v) is 3.85. The van der Waals surface area contributed by atoms with Crippen molar-refractivity contribution < 1.29 is 19.0 Å². The summed E-state index contributed by atoms with van der Waals surface area (Å²) in [4.78, 5) is 12.7. The highest BCUT2D eigenvalue weighted by atomic mass is 35.5. The van der Waals surface area contributed by atoms with Crippen LogP contribution in [0.1, 0.15) is 21.5 Å². The molecule has 0 aliphatic carbocycles. The average Bonchev–Trinajstić information content (AvgIpc) is 2.55. The summed E-state index contributed by atoms with van der Waals surface area (Å²) in [5.41, 5.74) is 1.73. The number of benzene rings is 2. The monoisotopic (exact) mass is 320 g/mol. The van der Waals surface area contributed by atoms with Gasteiger partial charge in [-0.3, -0.25) is 4.79 Å². The van der Waals surface area contributed by atoms with Gasteiger partial charge in [-0.2, -0.15) is 0 Å². The summed E-state index contributed by atoms with van der Waals surface area (Å²) in [6.45, 7) is 1.81. The quantitative estimate of drug-likeness (QED) is 0.784. The van der Waals surface area contributed by atoms with Crippen molar-refractivity contribution in [3.05, 3.63) is 52.0 Å². The van der Waals surface area contributed by atoms with Crippen molar-refractivity contribution in [1.82, 2.24) is 0 Å². The van der Waals surface area contributed by atoms with Crippen molar-refractivity contribution in [2.45, 2.75) is 6.92 Å². The van der Waals surface area contributed by atoms with Crippen LogP contribution in [0.4, 0.5) is 0 Å². The van der Waals surface area contributed by atoms with Crippen LogP contribution in [-0.4, -0.2) is 27.1 Å². The smallest absolute Gasteiger partial charge is 0.203 e. The van der Waals surface area contributed by atoms with Crippen LogP contribution in [0, 0.1) is 6.92 Å². The molecule has 0 fully saturated rings. The van der Waals surface area contributed by atoms with Gasteiger partial charge in [0.15, 0.2) is 17.3 Å². The minimum atomic E-state index is -0.153. The van der Waals surface area contributed by atoms with Crippen molar-refractivity contribution in [2.24, 2.45) is 0 Å². The van der Waals surface area contributed by atoms with Gasteiger partial charge < -0.3 is 14.2 Å². The molecule has 0 bridgehead atoms. The van der Waals surface area contributed by atoms with Gasteiger partial charge in [-0.05, 0) is 30.7 Å². The van der Waals surface area contributed by atoms with Gasteiger partial charge in [0.05, 0.1) is 21.3 Å². The second kappa shape index (κ2) is 6.71. The van der Waals surface area contributed by atoms with E-state index in [2.05, 4.69) is 0 Å². The van der Waals surface area contributed by atoms with E-state index < -0.39 is 0 Å². The Morgan fingerprint density at radius 3 is 2.09 bits per heavy atom. The molecule has 0 radical (unpaired) electrons. The number of methoxy groups -OCH3 is 3. The largest absolute Gasteiger partial charge is 0.493 e. The molecule has 0 heterocycles. The molecular weight excluding hydrogens is 304 g/mol.